The van der Waals surface area contributed by atoms with Crippen molar-refractivity contribution in [2.75, 3.05) is 11.9 Å². The number of fused-ring (bicyclic) bond motifs is 1. The van der Waals surface area contributed by atoms with Crippen LogP contribution in [0.5, 0.6) is 5.75 Å². The number of halogens is 2. The molecule has 5 nitrogen and oxygen atoms in total. The molecule has 0 bridgehead atoms. The van der Waals surface area contributed by atoms with Gasteiger partial charge >= 0.3 is 12.6 Å². The monoisotopic (exact) mass is 395 g/mol. The van der Waals surface area contributed by atoms with E-state index in [9.17, 15) is 18.4 Å². The molecule has 27 heavy (non-hydrogen) atoms. The van der Waals surface area contributed by atoms with Gasteiger partial charge in [0.2, 0.25) is 0 Å². The zero-order valence-corrected chi connectivity index (χ0v) is 15.5. The molecule has 0 unspecified atom stereocenters. The summed E-state index contributed by atoms with van der Waals surface area (Å²) < 4.78 is 34.3. The lowest BCUT2D eigenvalue weighted by Gasteiger charge is -2.18. The highest BCUT2D eigenvalue weighted by Crippen LogP contribution is 2.33. The normalized spacial score (nSPS) is 15.9. The second-order valence-corrected chi connectivity index (χ2v) is 7.36. The molecule has 1 aliphatic rings. The number of amides is 1. The van der Waals surface area contributed by atoms with Gasteiger partial charge in [0.15, 0.2) is 6.61 Å². The van der Waals surface area contributed by atoms with Crippen LogP contribution in [0.4, 0.5) is 14.5 Å². The Bertz CT molecular complexity index is 837. The van der Waals surface area contributed by atoms with E-state index in [4.69, 9.17) is 4.74 Å². The molecule has 2 aromatic rings. The minimum Gasteiger partial charge on any atom is -0.452 e. The van der Waals surface area contributed by atoms with Crippen LogP contribution in [0.25, 0.3) is 0 Å². The van der Waals surface area contributed by atoms with Gasteiger partial charge in [-0.05, 0) is 42.9 Å². The van der Waals surface area contributed by atoms with Crippen molar-refractivity contribution < 1.29 is 27.8 Å². The first kappa shape index (κ1) is 19.3. The minimum atomic E-state index is -3.01. The van der Waals surface area contributed by atoms with Crippen LogP contribution in [0.15, 0.2) is 29.6 Å². The Balaban J connectivity index is 1.58. The molecule has 0 fully saturated rings. The molecule has 3 rings (SSSR count). The first-order chi connectivity index (χ1) is 12.9. The zero-order chi connectivity index (χ0) is 19.4. The van der Waals surface area contributed by atoms with Crippen LogP contribution in [0.3, 0.4) is 0 Å². The molecular weight excluding hydrogens is 376 g/mol. The van der Waals surface area contributed by atoms with Gasteiger partial charge in [0, 0.05) is 10.3 Å². The molecule has 1 N–H and O–H groups in total. The second-order valence-electron chi connectivity index (χ2n) is 6.40. The van der Waals surface area contributed by atoms with Crippen molar-refractivity contribution in [3.8, 4) is 5.75 Å². The Morgan fingerprint density at radius 2 is 2.11 bits per heavy atom. The number of hydrogen-bond acceptors (Lipinski definition) is 5. The number of carbonyl (C=O) groups excluding carboxylic acids is 2. The van der Waals surface area contributed by atoms with Gasteiger partial charge in [0.05, 0.1) is 11.3 Å². The number of nitrogens with one attached hydrogen (secondary N) is 1. The molecule has 1 atom stereocenters. The average Bonchev–Trinajstić information content (AvgIpc) is 3.04. The van der Waals surface area contributed by atoms with Crippen LogP contribution in [0.1, 0.15) is 34.1 Å². The summed E-state index contributed by atoms with van der Waals surface area (Å²) in [7, 11) is 0. The van der Waals surface area contributed by atoms with Gasteiger partial charge in [-0.2, -0.15) is 8.78 Å². The zero-order valence-electron chi connectivity index (χ0n) is 14.7. The molecule has 0 radical (unpaired) electrons. The van der Waals surface area contributed by atoms with Crippen LogP contribution in [-0.2, 0) is 22.4 Å². The number of rotatable bonds is 6. The van der Waals surface area contributed by atoms with Gasteiger partial charge in [0.1, 0.15) is 5.75 Å². The van der Waals surface area contributed by atoms with Crippen molar-refractivity contribution in [2.45, 2.75) is 32.8 Å². The van der Waals surface area contributed by atoms with Gasteiger partial charge < -0.3 is 14.8 Å². The minimum absolute atomic E-state index is 0.0840. The van der Waals surface area contributed by atoms with E-state index in [2.05, 4.69) is 17.0 Å². The van der Waals surface area contributed by atoms with Gasteiger partial charge in [-0.15, -0.1) is 11.3 Å². The van der Waals surface area contributed by atoms with Gasteiger partial charge in [0.25, 0.3) is 5.91 Å². The summed E-state index contributed by atoms with van der Waals surface area (Å²) in [6, 6.07) is 5.81. The number of ether oxygens (including phenoxy) is 2. The number of thiophene rings is 1. The Labute approximate surface area is 159 Å². The largest absolute Gasteiger partial charge is 0.452 e. The fraction of sp³-hybridized carbons (Fsp3) is 0.368. The second kappa shape index (κ2) is 8.47. The van der Waals surface area contributed by atoms with Crippen LogP contribution < -0.4 is 10.1 Å². The summed E-state index contributed by atoms with van der Waals surface area (Å²) in [6.07, 6.45) is 2.80. The number of anilines is 1. The van der Waals surface area contributed by atoms with Crippen molar-refractivity contribution in [3.05, 3.63) is 45.6 Å². The molecule has 0 spiro atoms. The molecule has 0 saturated heterocycles. The summed E-state index contributed by atoms with van der Waals surface area (Å²) in [4.78, 5) is 25.5. The maximum atomic E-state index is 12.4. The van der Waals surface area contributed by atoms with Gasteiger partial charge in [-0.1, -0.05) is 19.1 Å². The molecule has 8 heteroatoms. The van der Waals surface area contributed by atoms with Crippen molar-refractivity contribution in [3.63, 3.8) is 0 Å². The molecule has 0 aliphatic heterocycles. The van der Waals surface area contributed by atoms with Crippen molar-refractivity contribution in [2.24, 2.45) is 5.92 Å². The summed E-state index contributed by atoms with van der Waals surface area (Å²) in [5.74, 6) is -0.741. The molecule has 1 aliphatic carbocycles. The number of hydrogen-bond donors (Lipinski definition) is 1. The van der Waals surface area contributed by atoms with E-state index in [1.807, 2.05) is 0 Å². The maximum Gasteiger partial charge on any atom is 0.387 e. The summed E-state index contributed by atoms with van der Waals surface area (Å²) in [5, 5.41) is 4.19. The predicted octanol–water partition coefficient (Wildman–Crippen LogP) is 4.27. The Morgan fingerprint density at radius 1 is 1.33 bits per heavy atom. The number of carbonyl (C=O) groups is 2. The lowest BCUT2D eigenvalue weighted by atomic mass is 9.88. The molecule has 1 aromatic heterocycles. The predicted molar refractivity (Wildman–Crippen MR) is 97.5 cm³/mol. The molecular formula is C19H19F2NO4S. The van der Waals surface area contributed by atoms with Crippen molar-refractivity contribution >= 4 is 28.9 Å². The van der Waals surface area contributed by atoms with E-state index >= 15 is 0 Å². The van der Waals surface area contributed by atoms with Crippen molar-refractivity contribution in [1.82, 2.24) is 0 Å². The summed E-state index contributed by atoms with van der Waals surface area (Å²) in [6.45, 7) is -1.34. The first-order valence-corrected chi connectivity index (χ1v) is 9.42. The first-order valence-electron chi connectivity index (χ1n) is 8.54. The Kier molecular flexibility index (Phi) is 6.05. The van der Waals surface area contributed by atoms with Crippen LogP contribution >= 0.6 is 11.3 Å². The van der Waals surface area contributed by atoms with Gasteiger partial charge in [-0.25, -0.2) is 4.79 Å². The standard InChI is InChI=1S/C19H19F2NO4S/c1-11-6-7-12-13(10-27-16(12)8-11)18(24)25-9-17(23)22-14-4-2-3-5-15(14)26-19(20)21/h2-5,10-11,19H,6-9H2,1H3,(H,22,23)/t11-/m0/s1. The summed E-state index contributed by atoms with van der Waals surface area (Å²) >= 11 is 1.54. The third kappa shape index (κ3) is 4.82. The van der Waals surface area contributed by atoms with E-state index in [-0.39, 0.29) is 11.4 Å². The van der Waals surface area contributed by atoms with Crippen LogP contribution in [0, 0.1) is 5.92 Å². The lowest BCUT2D eigenvalue weighted by Crippen LogP contribution is -2.22. The topological polar surface area (TPSA) is 64.6 Å². The fourth-order valence-electron chi connectivity index (χ4n) is 3.01. The van der Waals surface area contributed by atoms with Crippen LogP contribution in [-0.4, -0.2) is 25.1 Å². The molecule has 1 aromatic carbocycles. The quantitative estimate of drug-likeness (QED) is 0.742. The lowest BCUT2D eigenvalue weighted by molar-refractivity contribution is -0.119. The SMILES string of the molecule is C[C@H]1CCc2c(C(=O)OCC(=O)Nc3ccccc3OC(F)F)csc2C1. The maximum absolute atomic E-state index is 12.4. The number of para-hydroxylation sites is 2. The molecule has 0 saturated carbocycles. The highest BCUT2D eigenvalue weighted by atomic mass is 32.1. The number of esters is 1. The van der Waals surface area contributed by atoms with Gasteiger partial charge in [-0.3, -0.25) is 4.79 Å². The fourth-order valence-corrected chi connectivity index (χ4v) is 4.25. The van der Waals surface area contributed by atoms with E-state index in [1.54, 1.807) is 11.4 Å². The Hall–Kier alpha value is -2.48. The smallest absolute Gasteiger partial charge is 0.387 e. The Morgan fingerprint density at radius 3 is 2.89 bits per heavy atom. The molecule has 1 amide bonds. The third-order valence-electron chi connectivity index (χ3n) is 4.33. The van der Waals surface area contributed by atoms with Crippen molar-refractivity contribution in [1.29, 1.82) is 0 Å². The highest BCUT2D eigenvalue weighted by molar-refractivity contribution is 7.10. The van der Waals surface area contributed by atoms with E-state index in [0.29, 0.717) is 11.5 Å². The molecule has 144 valence electrons. The summed E-state index contributed by atoms with van der Waals surface area (Å²) in [5.41, 5.74) is 1.61. The highest BCUT2D eigenvalue weighted by Gasteiger charge is 2.24. The van der Waals surface area contributed by atoms with E-state index < -0.39 is 25.1 Å². The van der Waals surface area contributed by atoms with E-state index in [1.165, 1.54) is 34.4 Å². The molecule has 1 heterocycles. The number of benzene rings is 1. The third-order valence-corrected chi connectivity index (χ3v) is 5.38. The van der Waals surface area contributed by atoms with E-state index in [0.717, 1.165) is 24.8 Å². The average molecular weight is 395 g/mol. The van der Waals surface area contributed by atoms with Crippen LogP contribution in [0.2, 0.25) is 0 Å². The number of alkyl halides is 2.